The van der Waals surface area contributed by atoms with Gasteiger partial charge in [0.1, 0.15) is 6.04 Å². The van der Waals surface area contributed by atoms with Crippen LogP contribution >= 0.6 is 0 Å². The number of carboxylic acid groups (broad SMARTS) is 1. The molecule has 3 N–H and O–H groups in total. The maximum absolute atomic E-state index is 12.0. The lowest BCUT2D eigenvalue weighted by Gasteiger charge is -2.31. The van der Waals surface area contributed by atoms with Crippen LogP contribution in [0.5, 0.6) is 0 Å². The average Bonchev–Trinajstić information content (AvgIpc) is 3.22. The molecular weight excluding hydrogens is 266 g/mol. The monoisotopic (exact) mass is 285 g/mol. The van der Waals surface area contributed by atoms with E-state index in [2.05, 4.69) is 10.6 Å². The lowest BCUT2D eigenvalue weighted by molar-refractivity contribution is -0.154. The molecule has 0 bridgehead atoms. The van der Waals surface area contributed by atoms with E-state index < -0.39 is 24.1 Å². The second kappa shape index (κ2) is 6.08. The fraction of sp³-hybridized carbons (Fsp3) is 0.750. The Morgan fingerprint density at radius 1 is 1.35 bits per heavy atom. The quantitative estimate of drug-likeness (QED) is 0.623. The zero-order valence-electron chi connectivity index (χ0n) is 11.3. The van der Waals surface area contributed by atoms with Crippen molar-refractivity contribution in [3.05, 3.63) is 0 Å². The molecule has 0 aromatic carbocycles. The van der Waals surface area contributed by atoms with Crippen LogP contribution in [0.3, 0.4) is 0 Å². The van der Waals surface area contributed by atoms with Crippen LogP contribution in [-0.2, 0) is 14.3 Å². The number of aliphatic carboxylic acids is 1. The van der Waals surface area contributed by atoms with Crippen molar-refractivity contribution in [2.75, 3.05) is 19.7 Å². The Morgan fingerprint density at radius 2 is 2.05 bits per heavy atom. The SMILES string of the molecule is CC(NC(=O)N1CCOC(C(=O)O)C1)C(=O)NC1CC1. The zero-order chi connectivity index (χ0) is 14.7. The molecule has 2 rings (SSSR count). The van der Waals surface area contributed by atoms with Crippen LogP contribution in [-0.4, -0.2) is 65.8 Å². The smallest absolute Gasteiger partial charge is 0.334 e. The number of amides is 3. The number of morpholine rings is 1. The molecule has 1 aliphatic carbocycles. The highest BCUT2D eigenvalue weighted by Crippen LogP contribution is 2.18. The van der Waals surface area contributed by atoms with Crippen molar-refractivity contribution < 1.29 is 24.2 Å². The van der Waals surface area contributed by atoms with Gasteiger partial charge in [-0.3, -0.25) is 4.79 Å². The molecule has 0 radical (unpaired) electrons. The van der Waals surface area contributed by atoms with Crippen molar-refractivity contribution in [3.63, 3.8) is 0 Å². The normalized spacial score (nSPS) is 23.9. The molecule has 0 aromatic rings. The minimum Gasteiger partial charge on any atom is -0.479 e. The predicted molar refractivity (Wildman–Crippen MR) is 68.1 cm³/mol. The molecule has 8 heteroatoms. The van der Waals surface area contributed by atoms with Crippen molar-refractivity contribution >= 4 is 17.9 Å². The number of nitrogens with one attached hydrogen (secondary N) is 2. The van der Waals surface area contributed by atoms with E-state index in [4.69, 9.17) is 9.84 Å². The van der Waals surface area contributed by atoms with Gasteiger partial charge in [-0.2, -0.15) is 0 Å². The van der Waals surface area contributed by atoms with Crippen LogP contribution < -0.4 is 10.6 Å². The first-order chi connectivity index (χ1) is 9.47. The van der Waals surface area contributed by atoms with Crippen molar-refractivity contribution in [1.82, 2.24) is 15.5 Å². The van der Waals surface area contributed by atoms with Gasteiger partial charge in [0, 0.05) is 12.6 Å². The second-order valence-corrected chi connectivity index (χ2v) is 5.10. The molecule has 20 heavy (non-hydrogen) atoms. The van der Waals surface area contributed by atoms with Gasteiger partial charge in [0.25, 0.3) is 0 Å². The molecule has 0 spiro atoms. The van der Waals surface area contributed by atoms with Gasteiger partial charge in [0.2, 0.25) is 5.91 Å². The summed E-state index contributed by atoms with van der Waals surface area (Å²) in [5.41, 5.74) is 0. The fourth-order valence-electron chi connectivity index (χ4n) is 1.88. The van der Waals surface area contributed by atoms with Gasteiger partial charge in [-0.1, -0.05) is 0 Å². The highest BCUT2D eigenvalue weighted by Gasteiger charge is 2.31. The van der Waals surface area contributed by atoms with Gasteiger partial charge in [0.15, 0.2) is 6.10 Å². The van der Waals surface area contributed by atoms with E-state index in [1.165, 1.54) is 4.90 Å². The van der Waals surface area contributed by atoms with E-state index in [-0.39, 0.29) is 25.1 Å². The number of hydrogen-bond acceptors (Lipinski definition) is 4. The van der Waals surface area contributed by atoms with Gasteiger partial charge in [0.05, 0.1) is 13.2 Å². The van der Waals surface area contributed by atoms with Crippen molar-refractivity contribution in [3.8, 4) is 0 Å². The predicted octanol–water partition coefficient (Wildman–Crippen LogP) is -0.851. The molecule has 1 saturated carbocycles. The molecule has 0 aromatic heterocycles. The highest BCUT2D eigenvalue weighted by molar-refractivity contribution is 5.87. The molecule has 2 unspecified atom stereocenters. The minimum absolute atomic E-state index is 0.0157. The van der Waals surface area contributed by atoms with Gasteiger partial charge in [-0.15, -0.1) is 0 Å². The van der Waals surface area contributed by atoms with E-state index in [0.29, 0.717) is 6.54 Å². The Bertz CT molecular complexity index is 410. The van der Waals surface area contributed by atoms with Gasteiger partial charge in [-0.25, -0.2) is 9.59 Å². The fourth-order valence-corrected chi connectivity index (χ4v) is 1.88. The summed E-state index contributed by atoms with van der Waals surface area (Å²) in [6.45, 7) is 2.07. The first kappa shape index (κ1) is 14.6. The highest BCUT2D eigenvalue weighted by atomic mass is 16.5. The topological polar surface area (TPSA) is 108 Å². The summed E-state index contributed by atoms with van der Waals surface area (Å²) in [5.74, 6) is -1.31. The molecule has 2 fully saturated rings. The Balaban J connectivity index is 1.80. The molecule has 112 valence electrons. The zero-order valence-corrected chi connectivity index (χ0v) is 11.3. The molecule has 1 saturated heterocycles. The van der Waals surface area contributed by atoms with Crippen LogP contribution in [0.4, 0.5) is 4.79 Å². The molecule has 8 nitrogen and oxygen atoms in total. The Morgan fingerprint density at radius 3 is 2.65 bits per heavy atom. The van der Waals surface area contributed by atoms with Crippen molar-refractivity contribution in [2.24, 2.45) is 0 Å². The van der Waals surface area contributed by atoms with E-state index in [1.54, 1.807) is 6.92 Å². The summed E-state index contributed by atoms with van der Waals surface area (Å²) in [6.07, 6.45) is 0.955. The standard InChI is InChI=1S/C12H19N3O5/c1-7(10(16)14-8-2-3-8)13-12(19)15-4-5-20-9(6-15)11(17)18/h7-9H,2-6H2,1H3,(H,13,19)(H,14,16)(H,17,18). The summed E-state index contributed by atoms with van der Waals surface area (Å²) >= 11 is 0. The molecule has 2 atom stereocenters. The number of carboxylic acids is 1. The average molecular weight is 285 g/mol. The Hall–Kier alpha value is -1.83. The lowest BCUT2D eigenvalue weighted by Crippen LogP contribution is -2.55. The number of carbonyl (C=O) groups excluding carboxylic acids is 2. The van der Waals surface area contributed by atoms with E-state index in [1.807, 2.05) is 0 Å². The molecular formula is C12H19N3O5. The van der Waals surface area contributed by atoms with Crippen molar-refractivity contribution in [2.45, 2.75) is 38.0 Å². The molecule has 1 heterocycles. The third-order valence-electron chi connectivity index (χ3n) is 3.29. The first-order valence-electron chi connectivity index (χ1n) is 6.67. The van der Waals surface area contributed by atoms with Crippen LogP contribution in [0, 0.1) is 0 Å². The largest absolute Gasteiger partial charge is 0.479 e. The third-order valence-corrected chi connectivity index (χ3v) is 3.29. The van der Waals surface area contributed by atoms with E-state index in [0.717, 1.165) is 12.8 Å². The number of carbonyl (C=O) groups is 3. The minimum atomic E-state index is -1.10. The lowest BCUT2D eigenvalue weighted by atomic mass is 10.2. The van der Waals surface area contributed by atoms with E-state index in [9.17, 15) is 14.4 Å². The Labute approximate surface area is 116 Å². The van der Waals surface area contributed by atoms with Gasteiger partial charge in [-0.05, 0) is 19.8 Å². The second-order valence-electron chi connectivity index (χ2n) is 5.10. The third kappa shape index (κ3) is 3.83. The first-order valence-corrected chi connectivity index (χ1v) is 6.67. The summed E-state index contributed by atoms with van der Waals surface area (Å²) in [7, 11) is 0. The Kier molecular flexibility index (Phi) is 4.43. The van der Waals surface area contributed by atoms with Crippen molar-refractivity contribution in [1.29, 1.82) is 0 Å². The molecule has 2 aliphatic rings. The van der Waals surface area contributed by atoms with Crippen LogP contribution in [0.1, 0.15) is 19.8 Å². The van der Waals surface area contributed by atoms with Crippen LogP contribution in [0.15, 0.2) is 0 Å². The summed E-state index contributed by atoms with van der Waals surface area (Å²) in [6, 6.07) is -0.853. The number of rotatable bonds is 4. The van der Waals surface area contributed by atoms with Gasteiger partial charge < -0.3 is 25.4 Å². The summed E-state index contributed by atoms with van der Waals surface area (Å²) in [4.78, 5) is 35.9. The maximum atomic E-state index is 12.0. The summed E-state index contributed by atoms with van der Waals surface area (Å²) in [5, 5.41) is 14.2. The molecule has 1 aliphatic heterocycles. The number of ether oxygens (including phenoxy) is 1. The van der Waals surface area contributed by atoms with Crippen LogP contribution in [0.2, 0.25) is 0 Å². The van der Waals surface area contributed by atoms with Crippen LogP contribution in [0.25, 0.3) is 0 Å². The summed E-state index contributed by atoms with van der Waals surface area (Å²) < 4.78 is 5.03. The molecule has 3 amide bonds. The van der Waals surface area contributed by atoms with E-state index >= 15 is 0 Å². The number of urea groups is 1. The number of nitrogens with zero attached hydrogens (tertiary/aromatic N) is 1. The number of hydrogen-bond donors (Lipinski definition) is 3. The van der Waals surface area contributed by atoms with Gasteiger partial charge >= 0.3 is 12.0 Å². The maximum Gasteiger partial charge on any atom is 0.334 e.